The van der Waals surface area contributed by atoms with Gasteiger partial charge in [-0.25, -0.2) is 0 Å². The molecule has 0 aliphatic heterocycles. The van der Waals surface area contributed by atoms with Crippen molar-refractivity contribution in [2.24, 2.45) is 5.73 Å². The van der Waals surface area contributed by atoms with Crippen molar-refractivity contribution in [3.63, 3.8) is 0 Å². The zero-order valence-electron chi connectivity index (χ0n) is 10.00. The number of nitrogens with two attached hydrogens (primary N) is 1. The predicted molar refractivity (Wildman–Crippen MR) is 63.5 cm³/mol. The average molecular weight is 279 g/mol. The van der Waals surface area contributed by atoms with E-state index in [1.165, 1.54) is 0 Å². The van der Waals surface area contributed by atoms with E-state index in [0.29, 0.717) is 11.3 Å². The second kappa shape index (κ2) is 5.05. The number of rotatable bonds is 3. The molecule has 0 bridgehead atoms. The molecule has 0 fully saturated rings. The number of halogens is 3. The monoisotopic (exact) mass is 279 g/mol. The van der Waals surface area contributed by atoms with Crippen molar-refractivity contribution < 1.29 is 17.9 Å². The molecule has 0 spiro atoms. The number of alkyl halides is 3. The highest BCUT2D eigenvalue weighted by atomic mass is 32.1. The Hall–Kier alpha value is -1.44. The number of aryl methyl sites for hydroxylation is 1. The zero-order valence-corrected chi connectivity index (χ0v) is 10.8. The molecule has 0 saturated carbocycles. The summed E-state index contributed by atoms with van der Waals surface area (Å²) >= 11 is 4.79. The van der Waals surface area contributed by atoms with Crippen LogP contribution in [-0.4, -0.2) is 27.5 Å². The first kappa shape index (κ1) is 14.6. The van der Waals surface area contributed by atoms with E-state index in [0.717, 1.165) is 6.92 Å². The third-order valence-corrected chi connectivity index (χ3v) is 2.62. The molecule has 4 nitrogen and oxygen atoms in total. The molecule has 0 radical (unpaired) electrons. The smallest absolute Gasteiger partial charge is 0.425 e. The standard InChI is InChI=1S/C10H12F3N3OS/c1-4-5(2)15-16-9(7(4)8(14)18)17-6(3)10(11,12)13/h6H,1-3H3,(H2,14,18). The highest BCUT2D eigenvalue weighted by molar-refractivity contribution is 7.80. The minimum atomic E-state index is -4.49. The molecule has 18 heavy (non-hydrogen) atoms. The zero-order chi connectivity index (χ0) is 14.1. The van der Waals surface area contributed by atoms with Crippen molar-refractivity contribution in [3.05, 3.63) is 16.8 Å². The molecular weight excluding hydrogens is 267 g/mol. The van der Waals surface area contributed by atoms with Gasteiger partial charge in [-0.1, -0.05) is 12.2 Å². The maximum atomic E-state index is 12.4. The van der Waals surface area contributed by atoms with E-state index >= 15 is 0 Å². The third-order valence-electron chi connectivity index (χ3n) is 2.42. The van der Waals surface area contributed by atoms with Gasteiger partial charge >= 0.3 is 6.18 Å². The van der Waals surface area contributed by atoms with Crippen molar-refractivity contribution >= 4 is 17.2 Å². The van der Waals surface area contributed by atoms with E-state index < -0.39 is 12.3 Å². The summed E-state index contributed by atoms with van der Waals surface area (Å²) in [6.07, 6.45) is -6.50. The maximum Gasteiger partial charge on any atom is 0.425 e. The molecule has 1 atom stereocenters. The Morgan fingerprint density at radius 3 is 2.33 bits per heavy atom. The van der Waals surface area contributed by atoms with E-state index in [9.17, 15) is 13.2 Å². The minimum Gasteiger partial charge on any atom is -0.463 e. The lowest BCUT2D eigenvalue weighted by atomic mass is 10.1. The lowest BCUT2D eigenvalue weighted by Gasteiger charge is -2.19. The Labute approximate surface area is 107 Å². The Morgan fingerprint density at radius 2 is 1.89 bits per heavy atom. The quantitative estimate of drug-likeness (QED) is 0.858. The minimum absolute atomic E-state index is 0.0742. The summed E-state index contributed by atoms with van der Waals surface area (Å²) in [6.45, 7) is 4.17. The molecule has 0 aromatic carbocycles. The van der Waals surface area contributed by atoms with Gasteiger partial charge in [0.1, 0.15) is 4.99 Å². The summed E-state index contributed by atoms with van der Waals surface area (Å²) in [4.78, 5) is -0.0742. The molecule has 0 amide bonds. The summed E-state index contributed by atoms with van der Waals surface area (Å²) in [7, 11) is 0. The summed E-state index contributed by atoms with van der Waals surface area (Å²) in [5, 5.41) is 7.27. The second-order valence-electron chi connectivity index (χ2n) is 3.76. The highest BCUT2D eigenvalue weighted by Crippen LogP contribution is 2.27. The van der Waals surface area contributed by atoms with E-state index in [-0.39, 0.29) is 16.4 Å². The molecule has 2 N–H and O–H groups in total. The number of thiocarbonyl (C=S) groups is 1. The number of aromatic nitrogens is 2. The SMILES string of the molecule is Cc1nnc(OC(C)C(F)(F)F)c(C(N)=S)c1C. The Bertz CT molecular complexity index is 476. The lowest BCUT2D eigenvalue weighted by Crippen LogP contribution is -2.32. The summed E-state index contributed by atoms with van der Waals surface area (Å²) < 4.78 is 42.0. The average Bonchev–Trinajstić information content (AvgIpc) is 2.21. The summed E-state index contributed by atoms with van der Waals surface area (Å²) in [6, 6.07) is 0. The van der Waals surface area contributed by atoms with Gasteiger partial charge in [0.2, 0.25) is 5.88 Å². The summed E-state index contributed by atoms with van der Waals surface area (Å²) in [5.74, 6) is -0.296. The second-order valence-corrected chi connectivity index (χ2v) is 4.20. The fourth-order valence-electron chi connectivity index (χ4n) is 1.19. The number of hydrogen-bond donors (Lipinski definition) is 1. The largest absolute Gasteiger partial charge is 0.463 e. The fraction of sp³-hybridized carbons (Fsp3) is 0.500. The van der Waals surface area contributed by atoms with Crippen molar-refractivity contribution in [1.82, 2.24) is 10.2 Å². The van der Waals surface area contributed by atoms with Crippen molar-refractivity contribution in [1.29, 1.82) is 0 Å². The summed E-state index contributed by atoms with van der Waals surface area (Å²) in [5.41, 5.74) is 6.75. The van der Waals surface area contributed by atoms with E-state index in [1.807, 2.05) is 0 Å². The van der Waals surface area contributed by atoms with Crippen LogP contribution in [-0.2, 0) is 0 Å². The van der Waals surface area contributed by atoms with Crippen LogP contribution in [0.4, 0.5) is 13.2 Å². The molecule has 0 aliphatic carbocycles. The van der Waals surface area contributed by atoms with Crippen LogP contribution in [0.1, 0.15) is 23.7 Å². The molecule has 1 unspecified atom stereocenters. The maximum absolute atomic E-state index is 12.4. The topological polar surface area (TPSA) is 61.0 Å². The molecule has 8 heteroatoms. The predicted octanol–water partition coefficient (Wildman–Crippen LogP) is 2.06. The van der Waals surface area contributed by atoms with Crippen molar-refractivity contribution in [2.45, 2.75) is 33.1 Å². The Balaban J connectivity index is 3.18. The molecule has 0 saturated heterocycles. The Morgan fingerprint density at radius 1 is 1.33 bits per heavy atom. The van der Waals surface area contributed by atoms with E-state index in [2.05, 4.69) is 10.2 Å². The van der Waals surface area contributed by atoms with Gasteiger partial charge < -0.3 is 10.5 Å². The van der Waals surface area contributed by atoms with Gasteiger partial charge in [0, 0.05) is 0 Å². The first-order valence-electron chi connectivity index (χ1n) is 5.01. The number of nitrogens with zero attached hydrogens (tertiary/aromatic N) is 2. The molecule has 100 valence electrons. The van der Waals surface area contributed by atoms with Gasteiger partial charge in [-0.2, -0.15) is 18.3 Å². The fourth-order valence-corrected chi connectivity index (χ4v) is 1.43. The van der Waals surface area contributed by atoms with E-state index in [1.54, 1.807) is 13.8 Å². The van der Waals surface area contributed by atoms with Crippen LogP contribution in [0, 0.1) is 13.8 Å². The van der Waals surface area contributed by atoms with Crippen LogP contribution in [0.5, 0.6) is 5.88 Å². The van der Waals surface area contributed by atoms with Gasteiger partial charge in [-0.15, -0.1) is 5.10 Å². The van der Waals surface area contributed by atoms with Crippen molar-refractivity contribution in [3.8, 4) is 5.88 Å². The number of ether oxygens (including phenoxy) is 1. The van der Waals surface area contributed by atoms with Gasteiger partial charge in [0.25, 0.3) is 0 Å². The van der Waals surface area contributed by atoms with Crippen LogP contribution in [0.25, 0.3) is 0 Å². The lowest BCUT2D eigenvalue weighted by molar-refractivity contribution is -0.190. The van der Waals surface area contributed by atoms with Gasteiger partial charge in [-0.05, 0) is 26.3 Å². The number of hydrogen-bond acceptors (Lipinski definition) is 4. The van der Waals surface area contributed by atoms with Gasteiger partial charge in [0.05, 0.1) is 11.3 Å². The third kappa shape index (κ3) is 3.06. The van der Waals surface area contributed by atoms with Gasteiger partial charge in [0.15, 0.2) is 6.10 Å². The highest BCUT2D eigenvalue weighted by Gasteiger charge is 2.39. The van der Waals surface area contributed by atoms with Crippen LogP contribution in [0.2, 0.25) is 0 Å². The normalized spacial score (nSPS) is 13.2. The molecule has 1 aromatic heterocycles. The van der Waals surface area contributed by atoms with Crippen molar-refractivity contribution in [2.75, 3.05) is 0 Å². The molecule has 1 rings (SSSR count). The molecular formula is C10H12F3N3OS. The van der Waals surface area contributed by atoms with Crippen LogP contribution in [0.3, 0.4) is 0 Å². The Kier molecular flexibility index (Phi) is 4.10. The van der Waals surface area contributed by atoms with E-state index in [4.69, 9.17) is 22.7 Å². The molecule has 0 aliphatic rings. The first-order chi connectivity index (χ1) is 8.14. The van der Waals surface area contributed by atoms with Crippen LogP contribution in [0.15, 0.2) is 0 Å². The molecule has 1 heterocycles. The van der Waals surface area contributed by atoms with Crippen LogP contribution >= 0.6 is 12.2 Å². The van der Waals surface area contributed by atoms with Gasteiger partial charge in [-0.3, -0.25) is 0 Å². The first-order valence-corrected chi connectivity index (χ1v) is 5.42. The van der Waals surface area contributed by atoms with Crippen LogP contribution < -0.4 is 10.5 Å². The molecule has 1 aromatic rings.